The van der Waals surface area contributed by atoms with Crippen LogP contribution in [0.4, 0.5) is 0 Å². The molecule has 1 fully saturated rings. The Morgan fingerprint density at radius 1 is 1.20 bits per heavy atom. The monoisotopic (exact) mass is 277 g/mol. The predicted octanol–water partition coefficient (Wildman–Crippen LogP) is 3.14. The van der Waals surface area contributed by atoms with Gasteiger partial charge in [0.15, 0.2) is 0 Å². The first-order valence-electron chi connectivity index (χ1n) is 7.65. The van der Waals surface area contributed by atoms with E-state index in [1.807, 2.05) is 24.3 Å². The lowest BCUT2D eigenvalue weighted by atomic mass is 9.79. The molecule has 4 unspecified atom stereocenters. The number of rotatable bonds is 5. The van der Waals surface area contributed by atoms with Gasteiger partial charge in [-0.1, -0.05) is 26.0 Å². The van der Waals surface area contributed by atoms with Crippen molar-refractivity contribution in [3.05, 3.63) is 29.8 Å². The van der Waals surface area contributed by atoms with E-state index in [1.54, 1.807) is 7.11 Å². The molecule has 0 spiro atoms. The van der Waals surface area contributed by atoms with E-state index in [0.29, 0.717) is 12.6 Å². The van der Waals surface area contributed by atoms with Crippen molar-refractivity contribution in [1.82, 2.24) is 5.32 Å². The van der Waals surface area contributed by atoms with E-state index in [-0.39, 0.29) is 0 Å². The highest BCUT2D eigenvalue weighted by atomic mass is 16.5. The second-order valence-electron chi connectivity index (χ2n) is 6.16. The Bertz CT molecular complexity index is 404. The Labute approximate surface area is 122 Å². The Morgan fingerprint density at radius 3 is 2.50 bits per heavy atom. The quantitative estimate of drug-likeness (QED) is 0.869. The van der Waals surface area contributed by atoms with Crippen LogP contribution in [-0.2, 0) is 0 Å². The molecule has 1 saturated carbocycles. The summed E-state index contributed by atoms with van der Waals surface area (Å²) in [7, 11) is 1.65. The summed E-state index contributed by atoms with van der Waals surface area (Å²) in [4.78, 5) is 0. The van der Waals surface area contributed by atoms with Crippen molar-refractivity contribution in [3.8, 4) is 5.75 Å². The zero-order valence-electron chi connectivity index (χ0n) is 12.8. The van der Waals surface area contributed by atoms with Crippen LogP contribution in [0.5, 0.6) is 5.75 Å². The van der Waals surface area contributed by atoms with E-state index >= 15 is 0 Å². The minimum Gasteiger partial charge on any atom is -0.497 e. The molecular formula is C17H27NO2. The molecule has 1 aliphatic rings. The second kappa shape index (κ2) is 7.09. The summed E-state index contributed by atoms with van der Waals surface area (Å²) < 4.78 is 5.13. The van der Waals surface area contributed by atoms with Gasteiger partial charge in [-0.2, -0.15) is 0 Å². The van der Waals surface area contributed by atoms with Crippen molar-refractivity contribution >= 4 is 0 Å². The number of methoxy groups -OCH3 is 1. The number of aliphatic hydroxyl groups excluding tert-OH is 1. The first-order valence-corrected chi connectivity index (χ1v) is 7.65. The molecule has 0 aliphatic heterocycles. The Morgan fingerprint density at radius 2 is 1.90 bits per heavy atom. The van der Waals surface area contributed by atoms with Gasteiger partial charge in [-0.05, 0) is 48.8 Å². The van der Waals surface area contributed by atoms with E-state index in [4.69, 9.17) is 4.74 Å². The van der Waals surface area contributed by atoms with Crippen LogP contribution < -0.4 is 10.1 Å². The van der Waals surface area contributed by atoms with Crippen molar-refractivity contribution in [2.75, 3.05) is 13.7 Å². The molecule has 3 nitrogen and oxygen atoms in total. The first-order chi connectivity index (χ1) is 9.60. The van der Waals surface area contributed by atoms with Crippen molar-refractivity contribution in [3.63, 3.8) is 0 Å². The number of hydrogen-bond acceptors (Lipinski definition) is 3. The van der Waals surface area contributed by atoms with Crippen LogP contribution in [0.25, 0.3) is 0 Å². The molecule has 0 heterocycles. The lowest BCUT2D eigenvalue weighted by Gasteiger charge is -2.33. The largest absolute Gasteiger partial charge is 0.497 e. The van der Waals surface area contributed by atoms with Crippen molar-refractivity contribution < 1.29 is 9.84 Å². The van der Waals surface area contributed by atoms with E-state index in [9.17, 15) is 5.11 Å². The number of hydrogen-bond donors (Lipinski definition) is 2. The zero-order chi connectivity index (χ0) is 14.5. The maximum Gasteiger partial charge on any atom is 0.118 e. The zero-order valence-corrected chi connectivity index (χ0v) is 12.8. The molecule has 0 amide bonds. The second-order valence-corrected chi connectivity index (χ2v) is 6.16. The summed E-state index contributed by atoms with van der Waals surface area (Å²) in [5.41, 5.74) is 0.940. The highest BCUT2D eigenvalue weighted by Gasteiger charge is 2.24. The van der Waals surface area contributed by atoms with E-state index in [0.717, 1.165) is 23.1 Å². The fraction of sp³-hybridized carbons (Fsp3) is 0.647. The van der Waals surface area contributed by atoms with Gasteiger partial charge in [0.2, 0.25) is 0 Å². The van der Waals surface area contributed by atoms with Gasteiger partial charge in [0.25, 0.3) is 0 Å². The Hall–Kier alpha value is -1.06. The third kappa shape index (κ3) is 3.97. The van der Waals surface area contributed by atoms with Crippen molar-refractivity contribution in [1.29, 1.82) is 0 Å². The molecule has 0 saturated heterocycles. The number of nitrogens with one attached hydrogen (secondary N) is 1. The summed E-state index contributed by atoms with van der Waals surface area (Å²) in [6.07, 6.45) is 3.28. The average Bonchev–Trinajstić information content (AvgIpc) is 2.48. The van der Waals surface area contributed by atoms with Crippen LogP contribution in [0.15, 0.2) is 24.3 Å². The molecule has 3 heteroatoms. The summed E-state index contributed by atoms with van der Waals surface area (Å²) >= 11 is 0. The molecule has 112 valence electrons. The van der Waals surface area contributed by atoms with Crippen LogP contribution in [0, 0.1) is 11.8 Å². The molecule has 2 N–H and O–H groups in total. The van der Waals surface area contributed by atoms with Gasteiger partial charge in [-0.3, -0.25) is 0 Å². The molecule has 1 aromatic carbocycles. The fourth-order valence-electron chi connectivity index (χ4n) is 2.96. The highest BCUT2D eigenvalue weighted by molar-refractivity contribution is 5.28. The molecular weight excluding hydrogens is 250 g/mol. The van der Waals surface area contributed by atoms with Gasteiger partial charge in [0.05, 0.1) is 13.2 Å². The van der Waals surface area contributed by atoms with Crippen LogP contribution in [0.3, 0.4) is 0 Å². The molecule has 0 radical (unpaired) electrons. The smallest absolute Gasteiger partial charge is 0.118 e. The van der Waals surface area contributed by atoms with E-state index in [2.05, 4.69) is 19.2 Å². The molecule has 4 atom stereocenters. The minimum absolute atomic E-state index is 0.449. The molecule has 1 aliphatic carbocycles. The standard InChI is InChI=1S/C17H27NO2/c1-12-4-7-15(10-13(12)2)18-11-17(19)14-5-8-16(20-3)9-6-14/h5-6,8-9,12-13,15,17-19H,4,7,10-11H2,1-3H3. The van der Waals surface area contributed by atoms with Crippen LogP contribution in [0.2, 0.25) is 0 Å². The minimum atomic E-state index is -0.449. The van der Waals surface area contributed by atoms with Crippen molar-refractivity contribution in [2.24, 2.45) is 11.8 Å². The van der Waals surface area contributed by atoms with Gasteiger partial charge in [-0.25, -0.2) is 0 Å². The Balaban J connectivity index is 1.81. The fourth-order valence-corrected chi connectivity index (χ4v) is 2.96. The number of benzene rings is 1. The average molecular weight is 277 g/mol. The lowest BCUT2D eigenvalue weighted by molar-refractivity contribution is 0.154. The highest BCUT2D eigenvalue weighted by Crippen LogP contribution is 2.29. The van der Waals surface area contributed by atoms with Crippen molar-refractivity contribution in [2.45, 2.75) is 45.3 Å². The third-order valence-electron chi connectivity index (χ3n) is 4.70. The molecule has 1 aromatic rings. The van der Waals surface area contributed by atoms with E-state index < -0.39 is 6.10 Å². The van der Waals surface area contributed by atoms with Crippen LogP contribution in [-0.4, -0.2) is 24.8 Å². The molecule has 2 rings (SSSR count). The first kappa shape index (κ1) is 15.3. The van der Waals surface area contributed by atoms with Gasteiger partial charge in [-0.15, -0.1) is 0 Å². The number of ether oxygens (including phenoxy) is 1. The maximum absolute atomic E-state index is 10.2. The molecule has 0 aromatic heterocycles. The van der Waals surface area contributed by atoms with E-state index in [1.165, 1.54) is 19.3 Å². The van der Waals surface area contributed by atoms with Crippen LogP contribution in [0.1, 0.15) is 44.8 Å². The van der Waals surface area contributed by atoms with Gasteiger partial charge >= 0.3 is 0 Å². The molecule has 0 bridgehead atoms. The Kier molecular flexibility index (Phi) is 5.44. The normalized spacial score (nSPS) is 28.1. The summed E-state index contributed by atoms with van der Waals surface area (Å²) in [6, 6.07) is 8.19. The van der Waals surface area contributed by atoms with Gasteiger partial charge in [0, 0.05) is 12.6 Å². The third-order valence-corrected chi connectivity index (χ3v) is 4.70. The van der Waals surface area contributed by atoms with Gasteiger partial charge in [0.1, 0.15) is 5.75 Å². The summed E-state index contributed by atoms with van der Waals surface area (Å²) in [6.45, 7) is 5.30. The lowest BCUT2D eigenvalue weighted by Crippen LogP contribution is -2.38. The summed E-state index contributed by atoms with van der Waals surface area (Å²) in [5.74, 6) is 2.43. The van der Waals surface area contributed by atoms with Gasteiger partial charge < -0.3 is 15.2 Å². The molecule has 20 heavy (non-hydrogen) atoms. The topological polar surface area (TPSA) is 41.5 Å². The SMILES string of the molecule is COc1ccc(C(O)CNC2CCC(C)C(C)C2)cc1. The maximum atomic E-state index is 10.2. The number of aliphatic hydroxyl groups is 1. The predicted molar refractivity (Wildman–Crippen MR) is 81.9 cm³/mol. The van der Waals surface area contributed by atoms with Crippen LogP contribution >= 0.6 is 0 Å². The summed E-state index contributed by atoms with van der Waals surface area (Å²) in [5, 5.41) is 13.7.